The van der Waals surface area contributed by atoms with Gasteiger partial charge in [0, 0.05) is 12.2 Å². The molecule has 72 valence electrons. The molecule has 0 radical (unpaired) electrons. The first-order valence-corrected chi connectivity index (χ1v) is 3.63. The zero-order valence-electron chi connectivity index (χ0n) is 7.54. The van der Waals surface area contributed by atoms with E-state index < -0.39 is 5.97 Å². The molecule has 0 saturated carbocycles. The lowest BCUT2D eigenvalue weighted by Crippen LogP contribution is -1.92. The second-order valence-corrected chi connectivity index (χ2v) is 2.01. The normalized spacial score (nSPS) is 11.2. The van der Waals surface area contributed by atoms with Crippen LogP contribution in [-0.2, 0) is 9.53 Å². The maximum atomic E-state index is 9.60. The monoisotopic (exact) mass is 176 g/mol. The Labute approximate surface area is 72.5 Å². The molecular weight excluding hydrogens is 160 g/mol. The molecule has 0 atom stereocenters. The fraction of sp³-hybridized carbons (Fsp3) is 0.625. The van der Waals surface area contributed by atoms with Gasteiger partial charge >= 0.3 is 5.97 Å². The highest BCUT2D eigenvalue weighted by Gasteiger charge is 1.94. The van der Waals surface area contributed by atoms with Gasteiger partial charge in [0.2, 0.25) is 0 Å². The molecule has 1 fully saturated rings. The molecule has 0 spiro atoms. The first-order valence-electron chi connectivity index (χ1n) is 3.63. The Morgan fingerprint density at radius 2 is 1.75 bits per heavy atom. The van der Waals surface area contributed by atoms with E-state index in [0.717, 1.165) is 13.2 Å². The van der Waals surface area contributed by atoms with E-state index in [4.69, 9.17) is 10.2 Å². The maximum absolute atomic E-state index is 9.60. The van der Waals surface area contributed by atoms with Crippen LogP contribution in [0.15, 0.2) is 12.2 Å². The van der Waals surface area contributed by atoms with Crippen LogP contribution in [0.1, 0.15) is 13.8 Å². The van der Waals surface area contributed by atoms with E-state index in [1.54, 1.807) is 6.92 Å². The van der Waals surface area contributed by atoms with Crippen LogP contribution in [0.2, 0.25) is 0 Å². The van der Waals surface area contributed by atoms with Gasteiger partial charge in [-0.1, -0.05) is 6.58 Å². The van der Waals surface area contributed by atoms with Crippen LogP contribution in [0.5, 0.6) is 0 Å². The number of carboxylic acids is 1. The lowest BCUT2D eigenvalue weighted by atomic mass is 10.4. The van der Waals surface area contributed by atoms with Gasteiger partial charge in [-0.25, -0.2) is 4.79 Å². The minimum atomic E-state index is -0.935. The van der Waals surface area contributed by atoms with E-state index in [2.05, 4.69) is 11.3 Å². The van der Waals surface area contributed by atoms with Crippen LogP contribution >= 0.6 is 0 Å². The molecule has 1 aliphatic rings. The molecule has 12 heavy (non-hydrogen) atoms. The Balaban J connectivity index is 0. The van der Waals surface area contributed by atoms with E-state index in [9.17, 15) is 4.79 Å². The second kappa shape index (κ2) is 10.1. The van der Waals surface area contributed by atoms with E-state index in [1.165, 1.54) is 6.92 Å². The van der Waals surface area contributed by atoms with Crippen molar-refractivity contribution in [1.29, 1.82) is 0 Å². The largest absolute Gasteiger partial charge is 0.478 e. The van der Waals surface area contributed by atoms with Gasteiger partial charge in [0.15, 0.2) is 0 Å². The number of ether oxygens (including phenoxy) is 1. The minimum Gasteiger partial charge on any atom is -0.478 e. The number of aliphatic carboxylic acids is 1. The molecule has 1 saturated heterocycles. The summed E-state index contributed by atoms with van der Waals surface area (Å²) in [6.07, 6.45) is 0. The first kappa shape index (κ1) is 13.7. The van der Waals surface area contributed by atoms with Gasteiger partial charge in [-0.2, -0.15) is 0 Å². The predicted octanol–water partition coefficient (Wildman–Crippen LogP) is 0.662. The number of rotatable bonds is 1. The molecule has 1 heterocycles. The minimum absolute atomic E-state index is 0.176. The van der Waals surface area contributed by atoms with E-state index in [1.807, 2.05) is 0 Å². The standard InChI is InChI=1S/C4H6O2.C2H4O.C2H6O/c1-3(2)4(5)6;1-2-3-1;1-2-3/h1H2,2H3,(H,5,6);1-2H2;3H,2H2,1H3. The molecular formula is C8H16O4. The average Bonchev–Trinajstić information content (AvgIpc) is 2.72. The predicted molar refractivity (Wildman–Crippen MR) is 46.0 cm³/mol. The Bertz CT molecular complexity index is 114. The van der Waals surface area contributed by atoms with Gasteiger partial charge in [0.05, 0.1) is 13.2 Å². The fourth-order valence-corrected chi connectivity index (χ4v) is 0. The lowest BCUT2D eigenvalue weighted by molar-refractivity contribution is -0.132. The summed E-state index contributed by atoms with van der Waals surface area (Å²) < 4.78 is 4.50. The van der Waals surface area contributed by atoms with E-state index in [-0.39, 0.29) is 12.2 Å². The van der Waals surface area contributed by atoms with Crippen molar-refractivity contribution in [2.45, 2.75) is 13.8 Å². The number of aliphatic hydroxyl groups excluding tert-OH is 1. The van der Waals surface area contributed by atoms with Crippen LogP contribution in [0.4, 0.5) is 0 Å². The second-order valence-electron chi connectivity index (χ2n) is 2.01. The summed E-state index contributed by atoms with van der Waals surface area (Å²) in [7, 11) is 0. The smallest absolute Gasteiger partial charge is 0.330 e. The third-order valence-electron chi connectivity index (χ3n) is 0.569. The first-order chi connectivity index (χ1) is 5.56. The molecule has 1 aliphatic heterocycles. The number of hydrogen-bond acceptors (Lipinski definition) is 3. The van der Waals surface area contributed by atoms with E-state index in [0.29, 0.717) is 0 Å². The highest BCUT2D eigenvalue weighted by molar-refractivity contribution is 5.84. The molecule has 0 aromatic heterocycles. The third kappa shape index (κ3) is 35.4. The Morgan fingerprint density at radius 1 is 1.58 bits per heavy atom. The molecule has 0 aromatic carbocycles. The summed E-state index contributed by atoms with van der Waals surface area (Å²) in [6, 6.07) is 0. The third-order valence-corrected chi connectivity index (χ3v) is 0.569. The number of aliphatic hydroxyl groups is 1. The van der Waals surface area contributed by atoms with Crippen molar-refractivity contribution in [3.05, 3.63) is 12.2 Å². The average molecular weight is 176 g/mol. The van der Waals surface area contributed by atoms with Crippen molar-refractivity contribution in [3.8, 4) is 0 Å². The highest BCUT2D eigenvalue weighted by Crippen LogP contribution is 1.84. The SMILES string of the molecule is C1CO1.C=C(C)C(=O)O.CCO. The van der Waals surface area contributed by atoms with Crippen LogP contribution in [0.25, 0.3) is 0 Å². The quantitative estimate of drug-likeness (QED) is 0.455. The number of carboxylic acid groups (broad SMARTS) is 1. The lowest BCUT2D eigenvalue weighted by Gasteiger charge is -1.79. The van der Waals surface area contributed by atoms with Crippen molar-refractivity contribution in [3.63, 3.8) is 0 Å². The van der Waals surface area contributed by atoms with Crippen molar-refractivity contribution < 1.29 is 19.7 Å². The highest BCUT2D eigenvalue weighted by atomic mass is 16.6. The Hall–Kier alpha value is -0.870. The maximum Gasteiger partial charge on any atom is 0.330 e. The summed E-state index contributed by atoms with van der Waals surface area (Å²) >= 11 is 0. The molecule has 0 unspecified atom stereocenters. The van der Waals surface area contributed by atoms with Crippen LogP contribution < -0.4 is 0 Å². The van der Waals surface area contributed by atoms with Crippen molar-refractivity contribution >= 4 is 5.97 Å². The number of carbonyl (C=O) groups is 1. The topological polar surface area (TPSA) is 70.1 Å². The zero-order valence-corrected chi connectivity index (χ0v) is 7.54. The van der Waals surface area contributed by atoms with Crippen LogP contribution in [0, 0.1) is 0 Å². The summed E-state index contributed by atoms with van der Waals surface area (Å²) in [5, 5.41) is 15.5. The fourth-order valence-electron chi connectivity index (χ4n) is 0. The Morgan fingerprint density at radius 3 is 1.75 bits per heavy atom. The van der Waals surface area contributed by atoms with Gasteiger partial charge in [-0.15, -0.1) is 0 Å². The van der Waals surface area contributed by atoms with E-state index >= 15 is 0 Å². The summed E-state index contributed by atoms with van der Waals surface area (Å²) in [5.41, 5.74) is 0.176. The van der Waals surface area contributed by atoms with Crippen molar-refractivity contribution in [1.82, 2.24) is 0 Å². The zero-order chi connectivity index (χ0) is 9.98. The molecule has 0 bridgehead atoms. The molecule has 4 nitrogen and oxygen atoms in total. The molecule has 0 aromatic rings. The van der Waals surface area contributed by atoms with Gasteiger partial charge in [0.25, 0.3) is 0 Å². The van der Waals surface area contributed by atoms with Gasteiger partial charge in [-0.05, 0) is 13.8 Å². The summed E-state index contributed by atoms with van der Waals surface area (Å²) in [6.45, 7) is 8.53. The molecule has 2 N–H and O–H groups in total. The van der Waals surface area contributed by atoms with Crippen molar-refractivity contribution in [2.75, 3.05) is 19.8 Å². The molecule has 0 aliphatic carbocycles. The molecule has 0 amide bonds. The molecule has 4 heteroatoms. The summed E-state index contributed by atoms with van der Waals surface area (Å²) in [5.74, 6) is -0.935. The number of hydrogen-bond donors (Lipinski definition) is 2. The van der Waals surface area contributed by atoms with Crippen LogP contribution in [-0.4, -0.2) is 36.0 Å². The number of epoxide rings is 1. The van der Waals surface area contributed by atoms with Gasteiger partial charge < -0.3 is 14.9 Å². The Kier molecular flexibility index (Phi) is 11.6. The van der Waals surface area contributed by atoms with Crippen molar-refractivity contribution in [2.24, 2.45) is 0 Å². The van der Waals surface area contributed by atoms with Gasteiger partial charge in [-0.3, -0.25) is 0 Å². The molecule has 1 rings (SSSR count). The van der Waals surface area contributed by atoms with Gasteiger partial charge in [0.1, 0.15) is 0 Å². The summed E-state index contributed by atoms with van der Waals surface area (Å²) in [4.78, 5) is 9.60. The van der Waals surface area contributed by atoms with Crippen LogP contribution in [0.3, 0.4) is 0 Å².